The molecule has 1 unspecified atom stereocenters. The van der Waals surface area contributed by atoms with Crippen LogP contribution in [-0.2, 0) is 19.5 Å². The highest BCUT2D eigenvalue weighted by Crippen LogP contribution is 2.46. The standard InChI is InChI=1S/C9H8N2O7S2/c12-8(13)6-7-4(1-2-19-7)5-3-10(6)9(14)11(5)18-20(15,16)17/h1-2,5-6H,3H2,(H,12,13)(H,15,16,17)/t5-,6?/m1/s1. The lowest BCUT2D eigenvalue weighted by molar-refractivity contribution is -0.142. The average molecular weight is 320 g/mol. The van der Waals surface area contributed by atoms with E-state index < -0.39 is 34.5 Å². The van der Waals surface area contributed by atoms with Gasteiger partial charge in [-0.05, 0) is 17.0 Å². The van der Waals surface area contributed by atoms with E-state index in [4.69, 9.17) is 4.55 Å². The lowest BCUT2D eigenvalue weighted by atomic mass is 10.00. The molecule has 2 N–H and O–H groups in total. The Labute approximate surface area is 116 Å². The number of carboxylic acid groups (broad SMARTS) is 1. The molecule has 108 valence electrons. The highest BCUT2D eigenvalue weighted by molar-refractivity contribution is 7.80. The van der Waals surface area contributed by atoms with Gasteiger partial charge in [0, 0.05) is 4.88 Å². The number of amides is 2. The fourth-order valence-electron chi connectivity index (χ4n) is 2.44. The molecule has 3 heterocycles. The molecule has 1 saturated heterocycles. The molecule has 1 aromatic rings. The normalized spacial score (nSPS) is 24.9. The Morgan fingerprint density at radius 3 is 2.80 bits per heavy atom. The van der Waals surface area contributed by atoms with Gasteiger partial charge in [0.1, 0.15) is 6.04 Å². The number of nitrogens with zero attached hydrogens (tertiary/aromatic N) is 2. The summed E-state index contributed by atoms with van der Waals surface area (Å²) in [6.45, 7) is -0.0188. The maximum atomic E-state index is 12.0. The molecule has 3 rings (SSSR count). The Balaban J connectivity index is 2.07. The Bertz CT molecular complexity index is 697. The third-order valence-electron chi connectivity index (χ3n) is 3.14. The summed E-state index contributed by atoms with van der Waals surface area (Å²) >= 11 is 1.16. The predicted octanol–water partition coefficient (Wildman–Crippen LogP) is 0.401. The van der Waals surface area contributed by atoms with Crippen LogP contribution in [0.5, 0.6) is 0 Å². The van der Waals surface area contributed by atoms with Crippen molar-refractivity contribution in [1.82, 2.24) is 9.96 Å². The molecule has 0 spiro atoms. The molecule has 2 amide bonds. The number of hydrogen-bond acceptors (Lipinski definition) is 6. The van der Waals surface area contributed by atoms with Gasteiger partial charge in [-0.3, -0.25) is 4.55 Å². The van der Waals surface area contributed by atoms with E-state index >= 15 is 0 Å². The molecule has 1 aromatic heterocycles. The minimum absolute atomic E-state index is 0.0188. The van der Waals surface area contributed by atoms with Gasteiger partial charge in [0.15, 0.2) is 6.04 Å². The van der Waals surface area contributed by atoms with E-state index in [-0.39, 0.29) is 6.54 Å². The SMILES string of the molecule is O=C(O)C1c2sccc2[C@H]2CN1C(=O)N2OS(=O)(=O)O. The van der Waals surface area contributed by atoms with Crippen molar-refractivity contribution < 1.29 is 31.9 Å². The fourth-order valence-corrected chi connectivity index (χ4v) is 3.87. The van der Waals surface area contributed by atoms with Crippen LogP contribution in [0, 0.1) is 0 Å². The summed E-state index contributed by atoms with van der Waals surface area (Å²) in [5.41, 5.74) is 0.508. The number of rotatable bonds is 3. The Morgan fingerprint density at radius 1 is 1.50 bits per heavy atom. The predicted molar refractivity (Wildman–Crippen MR) is 64.0 cm³/mol. The summed E-state index contributed by atoms with van der Waals surface area (Å²) in [6.07, 6.45) is 0. The van der Waals surface area contributed by atoms with Crippen LogP contribution in [0.15, 0.2) is 11.4 Å². The van der Waals surface area contributed by atoms with E-state index in [9.17, 15) is 23.1 Å². The minimum atomic E-state index is -4.87. The van der Waals surface area contributed by atoms with E-state index in [0.717, 1.165) is 16.2 Å². The highest BCUT2D eigenvalue weighted by Gasteiger charge is 2.52. The maximum absolute atomic E-state index is 12.0. The molecule has 0 aliphatic carbocycles. The first-order valence-corrected chi connectivity index (χ1v) is 7.61. The van der Waals surface area contributed by atoms with Gasteiger partial charge in [0.2, 0.25) is 0 Å². The van der Waals surface area contributed by atoms with Crippen molar-refractivity contribution >= 4 is 33.7 Å². The number of thiophene rings is 1. The molecule has 0 saturated carbocycles. The molecule has 2 bridgehead atoms. The zero-order chi connectivity index (χ0) is 14.7. The van der Waals surface area contributed by atoms with Gasteiger partial charge in [-0.1, -0.05) is 0 Å². The summed E-state index contributed by atoms with van der Waals surface area (Å²) in [5, 5.41) is 11.4. The number of hydroxylamine groups is 2. The second kappa shape index (κ2) is 4.15. The van der Waals surface area contributed by atoms with Gasteiger partial charge in [0.05, 0.1) is 6.54 Å². The quantitative estimate of drug-likeness (QED) is 0.772. The van der Waals surface area contributed by atoms with Crippen molar-refractivity contribution in [3.63, 3.8) is 0 Å². The van der Waals surface area contributed by atoms with E-state index in [2.05, 4.69) is 4.28 Å². The van der Waals surface area contributed by atoms with Crippen LogP contribution < -0.4 is 0 Å². The van der Waals surface area contributed by atoms with Gasteiger partial charge in [0.25, 0.3) is 0 Å². The van der Waals surface area contributed by atoms with Crippen molar-refractivity contribution in [2.45, 2.75) is 12.1 Å². The maximum Gasteiger partial charge on any atom is 0.418 e. The number of aliphatic carboxylic acids is 1. The van der Waals surface area contributed by atoms with E-state index in [1.807, 2.05) is 0 Å². The van der Waals surface area contributed by atoms with Gasteiger partial charge < -0.3 is 10.0 Å². The number of urea groups is 1. The second-order valence-electron chi connectivity index (χ2n) is 4.26. The monoisotopic (exact) mass is 320 g/mol. The number of carboxylic acids is 1. The summed E-state index contributed by atoms with van der Waals surface area (Å²) in [7, 11) is -4.87. The summed E-state index contributed by atoms with van der Waals surface area (Å²) in [4.78, 5) is 24.8. The van der Waals surface area contributed by atoms with Crippen LogP contribution in [0.2, 0.25) is 0 Å². The largest absolute Gasteiger partial charge is 0.479 e. The zero-order valence-corrected chi connectivity index (χ0v) is 11.3. The van der Waals surface area contributed by atoms with Crippen molar-refractivity contribution in [2.24, 2.45) is 0 Å². The lowest BCUT2D eigenvalue weighted by Gasteiger charge is -2.27. The Hall–Kier alpha value is -1.69. The molecule has 2 aliphatic heterocycles. The van der Waals surface area contributed by atoms with Crippen LogP contribution in [-0.4, -0.2) is 46.6 Å². The summed E-state index contributed by atoms with van der Waals surface area (Å²) in [5.74, 6) is -1.21. The topological polar surface area (TPSA) is 124 Å². The van der Waals surface area contributed by atoms with Crippen LogP contribution in [0.4, 0.5) is 4.79 Å². The van der Waals surface area contributed by atoms with E-state index in [0.29, 0.717) is 15.5 Å². The molecule has 2 aliphatic rings. The molecule has 20 heavy (non-hydrogen) atoms. The summed E-state index contributed by atoms with van der Waals surface area (Å²) < 4.78 is 34.6. The number of carbonyl (C=O) groups is 2. The van der Waals surface area contributed by atoms with Crippen molar-refractivity contribution in [3.05, 3.63) is 21.9 Å². The summed E-state index contributed by atoms with van der Waals surface area (Å²) in [6, 6.07) is -1.25. The van der Waals surface area contributed by atoms with Gasteiger partial charge in [-0.2, -0.15) is 13.5 Å². The van der Waals surface area contributed by atoms with Crippen LogP contribution >= 0.6 is 11.3 Å². The van der Waals surface area contributed by atoms with Crippen molar-refractivity contribution in [2.75, 3.05) is 6.54 Å². The Morgan fingerprint density at radius 2 is 2.20 bits per heavy atom. The molecule has 9 nitrogen and oxygen atoms in total. The van der Waals surface area contributed by atoms with Crippen molar-refractivity contribution in [3.8, 4) is 0 Å². The highest BCUT2D eigenvalue weighted by atomic mass is 32.3. The molecular weight excluding hydrogens is 312 g/mol. The van der Waals surface area contributed by atoms with Gasteiger partial charge in [-0.25, -0.2) is 9.59 Å². The molecule has 0 radical (unpaired) electrons. The van der Waals surface area contributed by atoms with Crippen molar-refractivity contribution in [1.29, 1.82) is 0 Å². The smallest absolute Gasteiger partial charge is 0.418 e. The lowest BCUT2D eigenvalue weighted by Crippen LogP contribution is -2.38. The van der Waals surface area contributed by atoms with E-state index in [1.54, 1.807) is 11.4 Å². The molecule has 1 fully saturated rings. The first-order valence-electron chi connectivity index (χ1n) is 5.36. The first-order chi connectivity index (χ1) is 9.29. The third-order valence-corrected chi connectivity index (χ3v) is 4.48. The molecule has 0 aromatic carbocycles. The van der Waals surface area contributed by atoms with Crippen LogP contribution in [0.25, 0.3) is 0 Å². The van der Waals surface area contributed by atoms with Crippen LogP contribution in [0.3, 0.4) is 0 Å². The minimum Gasteiger partial charge on any atom is -0.479 e. The number of carbonyl (C=O) groups excluding carboxylic acids is 1. The molecule has 2 atom stereocenters. The van der Waals surface area contributed by atoms with Gasteiger partial charge >= 0.3 is 22.4 Å². The average Bonchev–Trinajstić information content (AvgIpc) is 2.88. The fraction of sp³-hybridized carbons (Fsp3) is 0.333. The molecule has 11 heteroatoms. The first kappa shape index (κ1) is 13.3. The number of hydrogen-bond donors (Lipinski definition) is 2. The third kappa shape index (κ3) is 1.86. The van der Waals surface area contributed by atoms with E-state index in [1.165, 1.54) is 0 Å². The zero-order valence-electron chi connectivity index (χ0n) is 9.66. The second-order valence-corrected chi connectivity index (χ2v) is 6.21. The van der Waals surface area contributed by atoms with Crippen LogP contribution in [0.1, 0.15) is 22.5 Å². The Kier molecular flexibility index (Phi) is 2.76. The van der Waals surface area contributed by atoms with Gasteiger partial charge in [-0.15, -0.1) is 15.6 Å². The number of fused-ring (bicyclic) bond motifs is 4. The molecular formula is C9H8N2O7S2.